The van der Waals surface area contributed by atoms with E-state index >= 15 is 0 Å². The first-order valence-corrected chi connectivity index (χ1v) is 8.68. The Bertz CT molecular complexity index is 976. The van der Waals surface area contributed by atoms with Gasteiger partial charge in [-0.15, -0.1) is 0 Å². The van der Waals surface area contributed by atoms with E-state index in [4.69, 9.17) is 15.4 Å². The summed E-state index contributed by atoms with van der Waals surface area (Å²) in [5.41, 5.74) is 8.46. The summed E-state index contributed by atoms with van der Waals surface area (Å²) in [5.74, 6) is -3.13. The van der Waals surface area contributed by atoms with E-state index in [0.717, 1.165) is 4.90 Å². The Hall–Kier alpha value is -4.12. The summed E-state index contributed by atoms with van der Waals surface area (Å²) in [6.07, 6.45) is -1.63. The van der Waals surface area contributed by atoms with Gasteiger partial charge in [-0.3, -0.25) is 24.6 Å². The molecule has 0 aromatic heterocycles. The van der Waals surface area contributed by atoms with Crippen LogP contribution in [0.3, 0.4) is 0 Å². The predicted molar refractivity (Wildman–Crippen MR) is 95.1 cm³/mol. The second-order valence-electron chi connectivity index (χ2n) is 6.75. The van der Waals surface area contributed by atoms with Crippen LogP contribution in [0.5, 0.6) is 0 Å². The number of carbonyl (C=O) groups is 4. The largest absolute Gasteiger partial charge is 0.465 e. The smallest absolute Gasteiger partial charge is 0.441 e. The maximum Gasteiger partial charge on any atom is 0.441 e. The number of carbonyl (C=O) groups excluding carboxylic acids is 3. The highest BCUT2D eigenvalue weighted by Crippen LogP contribution is 2.32. The summed E-state index contributed by atoms with van der Waals surface area (Å²) in [6.45, 7) is -0.411. The Morgan fingerprint density at radius 2 is 2.00 bits per heavy atom. The molecule has 2 fully saturated rings. The number of benzene rings is 1. The summed E-state index contributed by atoms with van der Waals surface area (Å²) in [4.78, 5) is 60.9. The van der Waals surface area contributed by atoms with E-state index in [2.05, 4.69) is 10.1 Å². The quantitative estimate of drug-likeness (QED) is 0.0885. The van der Waals surface area contributed by atoms with Crippen molar-refractivity contribution in [1.82, 2.24) is 10.2 Å². The van der Waals surface area contributed by atoms with Crippen LogP contribution in [0.1, 0.15) is 12.0 Å². The van der Waals surface area contributed by atoms with Crippen LogP contribution in [0.4, 0.5) is 10.5 Å². The number of likely N-dealkylation sites (tertiary alicyclic amines) is 1. The number of hydrogen-bond donors (Lipinski definition) is 2. The second kappa shape index (κ2) is 8.09. The number of nitro benzene ring substituents is 1. The van der Waals surface area contributed by atoms with Crippen LogP contribution in [0, 0.1) is 16.0 Å². The molecule has 0 saturated carbocycles. The van der Waals surface area contributed by atoms with Crippen molar-refractivity contribution in [3.05, 3.63) is 45.5 Å². The Morgan fingerprint density at radius 3 is 2.50 bits per heavy atom. The number of rotatable bonds is 7. The zero-order valence-electron chi connectivity index (χ0n) is 15.3. The number of hydrogen-bond acceptors (Lipinski definition) is 7. The predicted octanol–water partition coefficient (Wildman–Crippen LogP) is -0.255. The van der Waals surface area contributed by atoms with Gasteiger partial charge in [0.15, 0.2) is 0 Å². The normalized spacial score (nSPS) is 21.5. The molecule has 3 atom stereocenters. The zero-order chi connectivity index (χ0) is 22.0. The number of β-lactam (4-membered cyclic amide) rings is 1. The third-order valence-electron chi connectivity index (χ3n) is 4.96. The van der Waals surface area contributed by atoms with E-state index in [1.807, 2.05) is 0 Å². The average molecular weight is 417 g/mol. The van der Waals surface area contributed by atoms with Gasteiger partial charge in [-0.2, -0.15) is 4.79 Å². The van der Waals surface area contributed by atoms with E-state index in [0.29, 0.717) is 5.56 Å². The Balaban J connectivity index is 1.59. The molecule has 13 nitrogen and oxygen atoms in total. The molecule has 1 aromatic carbocycles. The number of non-ortho nitro benzene ring substituents is 1. The Kier molecular flexibility index (Phi) is 5.56. The fraction of sp³-hybridized carbons (Fsp3) is 0.353. The molecular weight excluding hydrogens is 402 g/mol. The first kappa shape index (κ1) is 20.6. The number of Topliss-reactive ketones (excluding diaryl/α,β-unsaturated/α-hetero) is 1. The molecule has 1 aromatic rings. The number of carboxylic acid groups (broad SMARTS) is 1. The minimum absolute atomic E-state index is 0.0916. The standard InChI is InChI=1S/C17H15N5O8/c18-20-13(16(25)30-7-8-1-3-10(4-2-8)22(28)29)11(23)5-9-6-21(17(26)27)14-12(9)19-15(14)24/h1-4,9,12,14H,5-7H2,(H,19,24)(H,26,27)/t9?,12-,14?/m1/s1. The fourth-order valence-electron chi connectivity index (χ4n) is 3.45. The van der Waals surface area contributed by atoms with Crippen LogP contribution < -0.4 is 5.32 Å². The summed E-state index contributed by atoms with van der Waals surface area (Å²) in [6, 6.07) is 3.71. The fourth-order valence-corrected chi connectivity index (χ4v) is 3.45. The summed E-state index contributed by atoms with van der Waals surface area (Å²) in [5, 5.41) is 22.3. The number of fused-ring (bicyclic) bond motifs is 1. The molecule has 2 N–H and O–H groups in total. The van der Waals surface area contributed by atoms with Crippen LogP contribution in [-0.2, 0) is 25.7 Å². The van der Waals surface area contributed by atoms with E-state index in [1.54, 1.807) is 0 Å². The number of ether oxygens (including phenoxy) is 1. The monoisotopic (exact) mass is 417 g/mol. The van der Waals surface area contributed by atoms with Crippen molar-refractivity contribution in [1.29, 1.82) is 0 Å². The summed E-state index contributed by atoms with van der Waals surface area (Å²) < 4.78 is 4.91. The van der Waals surface area contributed by atoms with Gasteiger partial charge in [-0.25, -0.2) is 9.59 Å². The molecule has 0 bridgehead atoms. The van der Waals surface area contributed by atoms with Crippen molar-refractivity contribution in [3.63, 3.8) is 0 Å². The number of nitro groups is 1. The average Bonchev–Trinajstić information content (AvgIpc) is 2.99. The van der Waals surface area contributed by atoms with Gasteiger partial charge in [0, 0.05) is 31.0 Å². The van der Waals surface area contributed by atoms with E-state index in [9.17, 15) is 29.3 Å². The van der Waals surface area contributed by atoms with Crippen LogP contribution >= 0.6 is 0 Å². The van der Waals surface area contributed by atoms with Gasteiger partial charge in [0.25, 0.3) is 11.5 Å². The lowest BCUT2D eigenvalue weighted by atomic mass is 9.87. The minimum Gasteiger partial charge on any atom is -0.465 e. The van der Waals surface area contributed by atoms with Gasteiger partial charge >= 0.3 is 17.8 Å². The van der Waals surface area contributed by atoms with Crippen LogP contribution in [0.25, 0.3) is 5.53 Å². The lowest BCUT2D eigenvalue weighted by Gasteiger charge is -2.35. The van der Waals surface area contributed by atoms with Gasteiger partial charge in [0.1, 0.15) is 12.6 Å². The van der Waals surface area contributed by atoms with Crippen molar-refractivity contribution in [2.75, 3.05) is 6.54 Å². The molecule has 0 spiro atoms. The molecule has 2 aliphatic heterocycles. The van der Waals surface area contributed by atoms with Crippen LogP contribution in [-0.4, -0.2) is 67.8 Å². The van der Waals surface area contributed by atoms with Gasteiger partial charge in [0.2, 0.25) is 5.91 Å². The number of esters is 1. The first-order valence-electron chi connectivity index (χ1n) is 8.68. The highest BCUT2D eigenvalue weighted by atomic mass is 16.6. The zero-order valence-corrected chi connectivity index (χ0v) is 15.3. The molecule has 30 heavy (non-hydrogen) atoms. The Morgan fingerprint density at radius 1 is 1.33 bits per heavy atom. The summed E-state index contributed by atoms with van der Waals surface area (Å²) in [7, 11) is 0. The lowest BCUT2D eigenvalue weighted by molar-refractivity contribution is -0.384. The SMILES string of the molecule is [N-]=[N+]=C(C(=O)CC1CN(C(=O)O)C2C(=O)N[C@H]12)C(=O)OCc1ccc([N+](=O)[O-])cc1. The number of amides is 2. The maximum absolute atomic E-state index is 12.4. The number of ketones is 1. The molecule has 2 amide bonds. The molecule has 2 unspecified atom stereocenters. The van der Waals surface area contributed by atoms with Crippen LogP contribution in [0.2, 0.25) is 0 Å². The highest BCUT2D eigenvalue weighted by Gasteiger charge is 2.56. The van der Waals surface area contributed by atoms with E-state index < -0.39 is 52.4 Å². The van der Waals surface area contributed by atoms with Gasteiger partial charge in [-0.1, -0.05) is 0 Å². The molecular formula is C17H15N5O8. The number of nitrogens with zero attached hydrogens (tertiary/aromatic N) is 4. The topological polar surface area (TPSA) is 193 Å². The van der Waals surface area contributed by atoms with Gasteiger partial charge in [0.05, 0.1) is 11.0 Å². The minimum atomic E-state index is -1.30. The molecule has 0 aliphatic carbocycles. The molecule has 13 heteroatoms. The third-order valence-corrected chi connectivity index (χ3v) is 4.96. The van der Waals surface area contributed by atoms with Gasteiger partial charge in [-0.05, 0) is 17.7 Å². The molecule has 2 heterocycles. The Labute approximate surface area is 168 Å². The lowest BCUT2D eigenvalue weighted by Crippen LogP contribution is -2.66. The molecule has 0 radical (unpaired) electrons. The van der Waals surface area contributed by atoms with Crippen molar-refractivity contribution < 1.29 is 38.7 Å². The molecule has 2 aliphatic rings. The third kappa shape index (κ3) is 3.86. The first-order chi connectivity index (χ1) is 14.2. The maximum atomic E-state index is 12.4. The van der Waals surface area contributed by atoms with Crippen molar-refractivity contribution >= 4 is 35.2 Å². The number of nitrogens with one attached hydrogen (secondary N) is 1. The molecule has 2 saturated heterocycles. The molecule has 156 valence electrons. The second-order valence-corrected chi connectivity index (χ2v) is 6.75. The van der Waals surface area contributed by atoms with Crippen molar-refractivity contribution in [2.45, 2.75) is 25.1 Å². The highest BCUT2D eigenvalue weighted by molar-refractivity contribution is 6.62. The van der Waals surface area contributed by atoms with Gasteiger partial charge < -0.3 is 20.7 Å². The molecule has 3 rings (SSSR count). The van der Waals surface area contributed by atoms with Crippen LogP contribution in [0.15, 0.2) is 24.3 Å². The summed E-state index contributed by atoms with van der Waals surface area (Å²) >= 11 is 0. The van der Waals surface area contributed by atoms with E-state index in [1.165, 1.54) is 24.3 Å². The van der Waals surface area contributed by atoms with Crippen molar-refractivity contribution in [2.24, 2.45) is 5.92 Å². The van der Waals surface area contributed by atoms with Crippen molar-refractivity contribution in [3.8, 4) is 0 Å². The van der Waals surface area contributed by atoms with E-state index in [-0.39, 0.29) is 25.3 Å².